The fraction of sp³-hybridized carbons (Fsp3) is 0.364. The van der Waals surface area contributed by atoms with Gasteiger partial charge in [0, 0.05) is 21.8 Å². The fourth-order valence-electron chi connectivity index (χ4n) is 1.64. The number of carbonyl (C=O) groups is 1. The molecule has 1 heterocycles. The van der Waals surface area contributed by atoms with E-state index in [1.165, 1.54) is 0 Å². The highest BCUT2D eigenvalue weighted by Crippen LogP contribution is 2.33. The maximum Gasteiger partial charge on any atom is 0.138 e. The lowest BCUT2D eigenvalue weighted by atomic mass is 10.0. The summed E-state index contributed by atoms with van der Waals surface area (Å²) in [5, 5.41) is 0. The smallest absolute Gasteiger partial charge is 0.138 e. The van der Waals surface area contributed by atoms with Crippen LogP contribution in [0.15, 0.2) is 27.1 Å². The van der Waals surface area contributed by atoms with Gasteiger partial charge in [0.15, 0.2) is 0 Å². The Hall–Kier alpha value is -0.190. The second-order valence-corrected chi connectivity index (χ2v) is 5.29. The normalized spacial score (nSPS) is 21.7. The van der Waals surface area contributed by atoms with E-state index in [1.54, 1.807) is 0 Å². The standard InChI is InChI=1S/C11H10Br2O2/c12-7-1-2-10(13)9(5-7)11-6-8(14)3-4-15-11/h1-2,5,11H,3-4,6H2. The summed E-state index contributed by atoms with van der Waals surface area (Å²) in [5.74, 6) is 0.276. The molecule has 1 atom stereocenters. The van der Waals surface area contributed by atoms with Crippen LogP contribution in [-0.2, 0) is 9.53 Å². The molecule has 0 amide bonds. The molecule has 1 saturated heterocycles. The van der Waals surface area contributed by atoms with Crippen LogP contribution >= 0.6 is 31.9 Å². The molecule has 1 unspecified atom stereocenters. The van der Waals surface area contributed by atoms with Gasteiger partial charge in [0.25, 0.3) is 0 Å². The number of halogens is 2. The average Bonchev–Trinajstić information content (AvgIpc) is 2.22. The van der Waals surface area contributed by atoms with Gasteiger partial charge in [-0.3, -0.25) is 4.79 Å². The Balaban J connectivity index is 2.27. The number of rotatable bonds is 1. The molecule has 0 bridgehead atoms. The molecule has 15 heavy (non-hydrogen) atoms. The van der Waals surface area contributed by atoms with E-state index in [0.29, 0.717) is 19.4 Å². The van der Waals surface area contributed by atoms with Crippen molar-refractivity contribution in [1.82, 2.24) is 0 Å². The molecule has 1 aliphatic heterocycles. The van der Waals surface area contributed by atoms with Gasteiger partial charge in [0.1, 0.15) is 5.78 Å². The van der Waals surface area contributed by atoms with Crippen LogP contribution in [0, 0.1) is 0 Å². The van der Waals surface area contributed by atoms with E-state index in [4.69, 9.17) is 4.74 Å². The monoisotopic (exact) mass is 332 g/mol. The summed E-state index contributed by atoms with van der Waals surface area (Å²) >= 11 is 6.89. The minimum absolute atomic E-state index is 0.0990. The SMILES string of the molecule is O=C1CCOC(c2cc(Br)ccc2Br)C1. The minimum Gasteiger partial charge on any atom is -0.373 e. The minimum atomic E-state index is -0.0990. The van der Waals surface area contributed by atoms with Crippen molar-refractivity contribution >= 4 is 37.6 Å². The summed E-state index contributed by atoms with van der Waals surface area (Å²) in [7, 11) is 0. The Morgan fingerprint density at radius 1 is 1.33 bits per heavy atom. The van der Waals surface area contributed by atoms with Gasteiger partial charge >= 0.3 is 0 Å². The molecule has 1 aromatic carbocycles. The summed E-state index contributed by atoms with van der Waals surface area (Å²) in [6.45, 7) is 0.530. The second-order valence-electron chi connectivity index (χ2n) is 3.52. The molecule has 0 spiro atoms. The zero-order valence-electron chi connectivity index (χ0n) is 8.00. The van der Waals surface area contributed by atoms with E-state index in [2.05, 4.69) is 31.9 Å². The van der Waals surface area contributed by atoms with Crippen molar-refractivity contribution in [2.45, 2.75) is 18.9 Å². The predicted molar refractivity (Wildman–Crippen MR) is 64.8 cm³/mol. The van der Waals surface area contributed by atoms with E-state index < -0.39 is 0 Å². The maximum atomic E-state index is 11.3. The lowest BCUT2D eigenvalue weighted by Gasteiger charge is -2.23. The molecule has 0 saturated carbocycles. The summed E-state index contributed by atoms with van der Waals surface area (Å²) < 4.78 is 7.59. The Kier molecular flexibility index (Phi) is 3.59. The largest absolute Gasteiger partial charge is 0.373 e. The average molecular weight is 334 g/mol. The van der Waals surface area contributed by atoms with Crippen molar-refractivity contribution < 1.29 is 9.53 Å². The van der Waals surface area contributed by atoms with Crippen LogP contribution in [0.25, 0.3) is 0 Å². The van der Waals surface area contributed by atoms with E-state index in [-0.39, 0.29) is 11.9 Å². The van der Waals surface area contributed by atoms with Crippen molar-refractivity contribution in [1.29, 1.82) is 0 Å². The molecule has 80 valence electrons. The first-order valence-corrected chi connectivity index (χ1v) is 6.33. The number of ketones is 1. The molecule has 0 radical (unpaired) electrons. The van der Waals surface area contributed by atoms with Crippen molar-refractivity contribution in [3.05, 3.63) is 32.7 Å². The summed E-state index contributed by atoms with van der Waals surface area (Å²) in [6, 6.07) is 5.91. The van der Waals surface area contributed by atoms with Gasteiger partial charge in [-0.1, -0.05) is 31.9 Å². The third-order valence-electron chi connectivity index (χ3n) is 2.42. The molecular formula is C11H10Br2O2. The Bertz CT molecular complexity index is 390. The number of ether oxygens (including phenoxy) is 1. The van der Waals surface area contributed by atoms with Gasteiger partial charge in [-0.05, 0) is 23.8 Å². The molecular weight excluding hydrogens is 324 g/mol. The first-order chi connectivity index (χ1) is 7.16. The quantitative estimate of drug-likeness (QED) is 0.784. The van der Waals surface area contributed by atoms with E-state index in [9.17, 15) is 4.79 Å². The molecule has 2 rings (SSSR count). The molecule has 4 heteroatoms. The number of hydrogen-bond acceptors (Lipinski definition) is 2. The van der Waals surface area contributed by atoms with Gasteiger partial charge in [0.2, 0.25) is 0 Å². The summed E-state index contributed by atoms with van der Waals surface area (Å²) in [6.07, 6.45) is 0.926. The van der Waals surface area contributed by atoms with Crippen molar-refractivity contribution in [2.75, 3.05) is 6.61 Å². The van der Waals surface area contributed by atoms with Gasteiger partial charge in [0.05, 0.1) is 12.7 Å². The third kappa shape index (κ3) is 2.68. The van der Waals surface area contributed by atoms with Crippen LogP contribution in [0.3, 0.4) is 0 Å². The molecule has 1 aromatic rings. The van der Waals surface area contributed by atoms with Crippen LogP contribution in [0.5, 0.6) is 0 Å². The van der Waals surface area contributed by atoms with E-state index >= 15 is 0 Å². The number of Topliss-reactive ketones (excluding diaryl/α,β-unsaturated/α-hetero) is 1. The molecule has 0 aliphatic carbocycles. The summed E-state index contributed by atoms with van der Waals surface area (Å²) in [5.41, 5.74) is 1.04. The Labute approximate surface area is 105 Å². The molecule has 1 aliphatic rings. The van der Waals surface area contributed by atoms with Crippen LogP contribution in [0.4, 0.5) is 0 Å². The number of carbonyl (C=O) groups excluding carboxylic acids is 1. The molecule has 2 nitrogen and oxygen atoms in total. The van der Waals surface area contributed by atoms with Gasteiger partial charge < -0.3 is 4.74 Å². The first-order valence-electron chi connectivity index (χ1n) is 4.75. The van der Waals surface area contributed by atoms with Crippen LogP contribution in [0.1, 0.15) is 24.5 Å². The highest BCUT2D eigenvalue weighted by Gasteiger charge is 2.23. The first kappa shape index (κ1) is 11.3. The third-order valence-corrected chi connectivity index (χ3v) is 3.63. The zero-order valence-corrected chi connectivity index (χ0v) is 11.2. The second kappa shape index (κ2) is 4.76. The van der Waals surface area contributed by atoms with Crippen LogP contribution in [0.2, 0.25) is 0 Å². The van der Waals surface area contributed by atoms with Crippen molar-refractivity contribution in [3.63, 3.8) is 0 Å². The van der Waals surface area contributed by atoms with Crippen LogP contribution in [-0.4, -0.2) is 12.4 Å². The summed E-state index contributed by atoms with van der Waals surface area (Å²) in [4.78, 5) is 11.3. The van der Waals surface area contributed by atoms with Crippen molar-refractivity contribution in [2.24, 2.45) is 0 Å². The topological polar surface area (TPSA) is 26.3 Å². The van der Waals surface area contributed by atoms with E-state index in [1.807, 2.05) is 18.2 Å². The molecule has 1 fully saturated rings. The van der Waals surface area contributed by atoms with Crippen LogP contribution < -0.4 is 0 Å². The maximum absolute atomic E-state index is 11.3. The molecule has 0 aromatic heterocycles. The zero-order chi connectivity index (χ0) is 10.8. The molecule has 0 N–H and O–H groups in total. The Morgan fingerprint density at radius 3 is 2.87 bits per heavy atom. The highest BCUT2D eigenvalue weighted by molar-refractivity contribution is 9.11. The fourth-order valence-corrected chi connectivity index (χ4v) is 2.52. The lowest BCUT2D eigenvalue weighted by molar-refractivity contribution is -0.128. The highest BCUT2D eigenvalue weighted by atomic mass is 79.9. The van der Waals surface area contributed by atoms with Gasteiger partial charge in [-0.15, -0.1) is 0 Å². The predicted octanol–water partition coefficient (Wildman–Crippen LogP) is 3.63. The number of hydrogen-bond donors (Lipinski definition) is 0. The lowest BCUT2D eigenvalue weighted by Crippen LogP contribution is -2.19. The van der Waals surface area contributed by atoms with Gasteiger partial charge in [-0.25, -0.2) is 0 Å². The Morgan fingerprint density at radius 2 is 2.13 bits per heavy atom. The van der Waals surface area contributed by atoms with E-state index in [0.717, 1.165) is 14.5 Å². The number of benzene rings is 1. The van der Waals surface area contributed by atoms with Crippen molar-refractivity contribution in [3.8, 4) is 0 Å². The van der Waals surface area contributed by atoms with Gasteiger partial charge in [-0.2, -0.15) is 0 Å².